The van der Waals surface area contributed by atoms with Crippen LogP contribution in [-0.4, -0.2) is 36.7 Å². The summed E-state index contributed by atoms with van der Waals surface area (Å²) in [5, 5.41) is 2.62. The Hall–Kier alpha value is -3.52. The van der Waals surface area contributed by atoms with E-state index in [-0.39, 0.29) is 11.7 Å². The van der Waals surface area contributed by atoms with Crippen molar-refractivity contribution in [3.63, 3.8) is 0 Å². The molecule has 0 saturated heterocycles. The van der Waals surface area contributed by atoms with E-state index in [0.717, 1.165) is 16.3 Å². The molecule has 1 aromatic heterocycles. The zero-order valence-electron chi connectivity index (χ0n) is 16.5. The van der Waals surface area contributed by atoms with Crippen LogP contribution in [0.1, 0.15) is 22.2 Å². The summed E-state index contributed by atoms with van der Waals surface area (Å²) in [7, 11) is 0. The molecule has 0 spiro atoms. The van der Waals surface area contributed by atoms with Crippen molar-refractivity contribution in [2.24, 2.45) is 0 Å². The van der Waals surface area contributed by atoms with Gasteiger partial charge >= 0.3 is 5.97 Å². The number of amides is 2. The molecule has 3 aromatic rings. The second-order valence-corrected chi connectivity index (χ2v) is 7.90. The van der Waals surface area contributed by atoms with Crippen LogP contribution in [0.2, 0.25) is 0 Å². The molecule has 0 aliphatic carbocycles. The van der Waals surface area contributed by atoms with Crippen molar-refractivity contribution >= 4 is 35.2 Å². The molecule has 0 saturated carbocycles. The SMILES string of the molecule is O=C(N[C@@H](C(=O)OCC(=O)N1CCSc2ccccc21)c1ccccc1)c1ccco1. The van der Waals surface area contributed by atoms with Crippen molar-refractivity contribution < 1.29 is 23.5 Å². The van der Waals surface area contributed by atoms with Gasteiger partial charge in [0, 0.05) is 17.2 Å². The molecule has 31 heavy (non-hydrogen) atoms. The van der Waals surface area contributed by atoms with Gasteiger partial charge in [0.1, 0.15) is 0 Å². The Kier molecular flexibility index (Phi) is 6.37. The first kappa shape index (κ1) is 20.7. The quantitative estimate of drug-likeness (QED) is 0.596. The van der Waals surface area contributed by atoms with Crippen molar-refractivity contribution in [2.75, 3.05) is 23.8 Å². The first-order valence-electron chi connectivity index (χ1n) is 9.71. The lowest BCUT2D eigenvalue weighted by Crippen LogP contribution is -2.40. The number of nitrogens with one attached hydrogen (secondary N) is 1. The van der Waals surface area contributed by atoms with Gasteiger partial charge in [-0.2, -0.15) is 0 Å². The Labute approximate surface area is 183 Å². The summed E-state index contributed by atoms with van der Waals surface area (Å²) >= 11 is 1.68. The molecule has 1 aliphatic rings. The van der Waals surface area contributed by atoms with Crippen LogP contribution in [0.25, 0.3) is 0 Å². The maximum absolute atomic E-state index is 12.8. The topological polar surface area (TPSA) is 88.8 Å². The van der Waals surface area contributed by atoms with E-state index in [0.29, 0.717) is 12.1 Å². The van der Waals surface area contributed by atoms with Gasteiger partial charge in [-0.05, 0) is 29.8 Å². The number of thioether (sulfide) groups is 1. The number of para-hydroxylation sites is 1. The van der Waals surface area contributed by atoms with Gasteiger partial charge in [0.15, 0.2) is 18.4 Å². The minimum absolute atomic E-state index is 0.0761. The number of nitrogens with zero attached hydrogens (tertiary/aromatic N) is 1. The largest absolute Gasteiger partial charge is 0.459 e. The van der Waals surface area contributed by atoms with Gasteiger partial charge in [-0.3, -0.25) is 9.59 Å². The fourth-order valence-electron chi connectivity index (χ4n) is 3.26. The van der Waals surface area contributed by atoms with Gasteiger partial charge < -0.3 is 19.4 Å². The zero-order valence-corrected chi connectivity index (χ0v) is 17.3. The van der Waals surface area contributed by atoms with Crippen molar-refractivity contribution in [1.29, 1.82) is 0 Å². The Morgan fingerprint density at radius 3 is 2.58 bits per heavy atom. The highest BCUT2D eigenvalue weighted by Gasteiger charge is 2.28. The Bertz CT molecular complexity index is 1070. The summed E-state index contributed by atoms with van der Waals surface area (Å²) in [5.41, 5.74) is 1.35. The van der Waals surface area contributed by atoms with Crippen molar-refractivity contribution in [2.45, 2.75) is 10.9 Å². The second-order valence-electron chi connectivity index (χ2n) is 6.76. The third-order valence-corrected chi connectivity index (χ3v) is 5.80. The standard InChI is InChI=1S/C23H20N2O5S/c26-20(25-12-14-31-19-11-5-4-9-17(19)25)15-30-23(28)21(16-7-2-1-3-8-16)24-22(27)18-10-6-13-29-18/h1-11,13,21H,12,14-15H2,(H,24,27)/t21-/m1/s1. The molecule has 1 N–H and O–H groups in total. The number of carbonyl (C=O) groups is 3. The molecule has 0 fully saturated rings. The van der Waals surface area contributed by atoms with Crippen LogP contribution in [0, 0.1) is 0 Å². The molecule has 2 amide bonds. The van der Waals surface area contributed by atoms with E-state index in [2.05, 4.69) is 5.32 Å². The summed E-state index contributed by atoms with van der Waals surface area (Å²) in [6.07, 6.45) is 1.37. The minimum Gasteiger partial charge on any atom is -0.459 e. The van der Waals surface area contributed by atoms with Gasteiger partial charge in [0.05, 0.1) is 12.0 Å². The molecule has 4 rings (SSSR count). The summed E-state index contributed by atoms with van der Waals surface area (Å²) in [6.45, 7) is 0.118. The fraction of sp³-hybridized carbons (Fsp3) is 0.174. The van der Waals surface area contributed by atoms with E-state index < -0.39 is 24.5 Å². The third kappa shape index (κ3) is 4.80. The van der Waals surface area contributed by atoms with Gasteiger partial charge in [-0.1, -0.05) is 42.5 Å². The number of hydrogen-bond acceptors (Lipinski definition) is 6. The zero-order chi connectivity index (χ0) is 21.6. The molecule has 0 unspecified atom stereocenters. The number of hydrogen-bond donors (Lipinski definition) is 1. The monoisotopic (exact) mass is 436 g/mol. The predicted octanol–water partition coefficient (Wildman–Crippen LogP) is 3.43. The number of fused-ring (bicyclic) bond motifs is 1. The molecule has 1 aliphatic heterocycles. The van der Waals surface area contributed by atoms with Crippen molar-refractivity contribution in [3.05, 3.63) is 84.3 Å². The highest BCUT2D eigenvalue weighted by Crippen LogP contribution is 2.34. The maximum Gasteiger partial charge on any atom is 0.333 e. The first-order valence-corrected chi connectivity index (χ1v) is 10.7. The average Bonchev–Trinajstić information content (AvgIpc) is 3.36. The number of esters is 1. The second kappa shape index (κ2) is 9.53. The number of benzene rings is 2. The molecule has 2 heterocycles. The van der Waals surface area contributed by atoms with E-state index in [9.17, 15) is 14.4 Å². The smallest absolute Gasteiger partial charge is 0.333 e. The van der Waals surface area contributed by atoms with E-state index in [1.807, 2.05) is 24.3 Å². The fourth-order valence-corrected chi connectivity index (χ4v) is 4.25. The van der Waals surface area contributed by atoms with Gasteiger partial charge in [-0.25, -0.2) is 4.79 Å². The summed E-state index contributed by atoms with van der Waals surface area (Å²) in [4.78, 5) is 40.7. The van der Waals surface area contributed by atoms with E-state index in [4.69, 9.17) is 9.15 Å². The van der Waals surface area contributed by atoms with Crippen molar-refractivity contribution in [3.8, 4) is 0 Å². The van der Waals surface area contributed by atoms with Crippen LogP contribution in [0.15, 0.2) is 82.3 Å². The van der Waals surface area contributed by atoms with Crippen LogP contribution in [0.3, 0.4) is 0 Å². The average molecular weight is 436 g/mol. The Balaban J connectivity index is 1.45. The number of rotatable bonds is 6. The van der Waals surface area contributed by atoms with Gasteiger partial charge in [-0.15, -0.1) is 11.8 Å². The highest BCUT2D eigenvalue weighted by atomic mass is 32.2. The number of furan rings is 1. The van der Waals surface area contributed by atoms with Crippen LogP contribution in [0.5, 0.6) is 0 Å². The van der Waals surface area contributed by atoms with Gasteiger partial charge in [0.25, 0.3) is 11.8 Å². The van der Waals surface area contributed by atoms with E-state index in [1.165, 1.54) is 12.3 Å². The molecule has 0 radical (unpaired) electrons. The van der Waals surface area contributed by atoms with Gasteiger partial charge in [0.2, 0.25) is 0 Å². The molecular weight excluding hydrogens is 416 g/mol. The molecule has 8 heteroatoms. The molecule has 1 atom stereocenters. The first-order chi connectivity index (χ1) is 15.1. The number of carbonyl (C=O) groups excluding carboxylic acids is 3. The molecule has 158 valence electrons. The van der Waals surface area contributed by atoms with Crippen LogP contribution >= 0.6 is 11.8 Å². The lowest BCUT2D eigenvalue weighted by molar-refractivity contribution is -0.150. The minimum atomic E-state index is -1.07. The molecule has 7 nitrogen and oxygen atoms in total. The Morgan fingerprint density at radius 2 is 1.81 bits per heavy atom. The van der Waals surface area contributed by atoms with E-state index >= 15 is 0 Å². The normalized spacial score (nSPS) is 13.7. The molecule has 2 aromatic carbocycles. The maximum atomic E-state index is 12.8. The number of ether oxygens (including phenoxy) is 1. The highest BCUT2D eigenvalue weighted by molar-refractivity contribution is 7.99. The Morgan fingerprint density at radius 1 is 1.03 bits per heavy atom. The molecular formula is C23H20N2O5S. The van der Waals surface area contributed by atoms with Crippen molar-refractivity contribution in [1.82, 2.24) is 5.32 Å². The third-order valence-electron chi connectivity index (χ3n) is 4.76. The summed E-state index contributed by atoms with van der Waals surface area (Å²) in [5.74, 6) is -0.747. The summed E-state index contributed by atoms with van der Waals surface area (Å²) < 4.78 is 10.4. The lowest BCUT2D eigenvalue weighted by atomic mass is 10.1. The van der Waals surface area contributed by atoms with Crippen LogP contribution in [0.4, 0.5) is 5.69 Å². The number of anilines is 1. The van der Waals surface area contributed by atoms with Crippen LogP contribution < -0.4 is 10.2 Å². The van der Waals surface area contributed by atoms with E-state index in [1.54, 1.807) is 53.1 Å². The summed E-state index contributed by atoms with van der Waals surface area (Å²) in [6, 6.07) is 18.3. The molecule has 0 bridgehead atoms. The van der Waals surface area contributed by atoms with Crippen LogP contribution in [-0.2, 0) is 14.3 Å². The lowest BCUT2D eigenvalue weighted by Gasteiger charge is -2.29. The predicted molar refractivity (Wildman–Crippen MR) is 116 cm³/mol.